The summed E-state index contributed by atoms with van der Waals surface area (Å²) >= 11 is 3.36. The molecule has 5 heteroatoms. The fourth-order valence-electron chi connectivity index (χ4n) is 1.44. The Morgan fingerprint density at radius 2 is 2.12 bits per heavy atom. The second-order valence-corrected chi connectivity index (χ2v) is 4.43. The molecule has 17 heavy (non-hydrogen) atoms. The molecule has 94 valence electrons. The van der Waals surface area contributed by atoms with Crippen molar-refractivity contribution < 1.29 is 14.6 Å². The fourth-order valence-corrected chi connectivity index (χ4v) is 1.70. The summed E-state index contributed by atoms with van der Waals surface area (Å²) in [6.45, 7) is 1.84. The molecule has 2 N–H and O–H groups in total. The van der Waals surface area contributed by atoms with Crippen LogP contribution in [-0.4, -0.2) is 24.4 Å². The molecule has 0 aliphatic carbocycles. The number of carbonyl (C=O) groups excluding carboxylic acids is 1. The van der Waals surface area contributed by atoms with Gasteiger partial charge in [-0.2, -0.15) is 0 Å². The minimum absolute atomic E-state index is 0.0165. The van der Waals surface area contributed by atoms with Crippen LogP contribution in [0.4, 0.5) is 4.79 Å². The first-order valence-corrected chi connectivity index (χ1v) is 6.26. The third kappa shape index (κ3) is 4.75. The Balaban J connectivity index is 2.59. The number of aliphatic hydroxyl groups is 1. The quantitative estimate of drug-likeness (QED) is 0.879. The van der Waals surface area contributed by atoms with E-state index in [1.54, 1.807) is 0 Å². The Kier molecular flexibility index (Phi) is 6.00. The van der Waals surface area contributed by atoms with Crippen molar-refractivity contribution in [2.45, 2.75) is 19.4 Å². The van der Waals surface area contributed by atoms with E-state index >= 15 is 0 Å². The van der Waals surface area contributed by atoms with Gasteiger partial charge in [0.15, 0.2) is 0 Å². The van der Waals surface area contributed by atoms with Crippen LogP contribution in [0.25, 0.3) is 0 Å². The van der Waals surface area contributed by atoms with Crippen LogP contribution >= 0.6 is 15.9 Å². The first-order valence-electron chi connectivity index (χ1n) is 5.47. The van der Waals surface area contributed by atoms with Gasteiger partial charge in [-0.15, -0.1) is 0 Å². The maximum atomic E-state index is 11.4. The number of nitrogens with one attached hydrogen (secondary N) is 1. The zero-order valence-corrected chi connectivity index (χ0v) is 11.2. The molecule has 1 atom stereocenters. The number of ether oxygens (including phenoxy) is 1. The average molecular weight is 302 g/mol. The highest BCUT2D eigenvalue weighted by molar-refractivity contribution is 9.10. The average Bonchev–Trinajstić information content (AvgIpc) is 2.34. The number of amides is 1. The number of aliphatic hydroxyl groups excluding tert-OH is 1. The first-order chi connectivity index (χ1) is 8.17. The third-order valence-electron chi connectivity index (χ3n) is 2.30. The zero-order chi connectivity index (χ0) is 12.7. The van der Waals surface area contributed by atoms with Crippen LogP contribution < -0.4 is 5.32 Å². The number of benzene rings is 1. The monoisotopic (exact) mass is 301 g/mol. The summed E-state index contributed by atoms with van der Waals surface area (Å²) in [5, 5.41) is 11.3. The predicted molar refractivity (Wildman–Crippen MR) is 68.7 cm³/mol. The van der Waals surface area contributed by atoms with Gasteiger partial charge < -0.3 is 15.2 Å². The summed E-state index contributed by atoms with van der Waals surface area (Å²) in [5.41, 5.74) is 1.02. The van der Waals surface area contributed by atoms with Gasteiger partial charge in [0.25, 0.3) is 0 Å². The molecule has 0 aromatic heterocycles. The molecule has 0 heterocycles. The van der Waals surface area contributed by atoms with Gasteiger partial charge in [0.2, 0.25) is 0 Å². The number of carbonyl (C=O) groups is 1. The maximum absolute atomic E-state index is 11.4. The first kappa shape index (κ1) is 14.0. The molecule has 1 aromatic carbocycles. The lowest BCUT2D eigenvalue weighted by atomic mass is 10.1. The van der Waals surface area contributed by atoms with E-state index in [0.717, 1.165) is 16.5 Å². The van der Waals surface area contributed by atoms with Gasteiger partial charge in [-0.25, -0.2) is 4.79 Å². The van der Waals surface area contributed by atoms with E-state index in [0.29, 0.717) is 0 Å². The Hall–Kier alpha value is -1.07. The maximum Gasteiger partial charge on any atom is 0.407 e. The number of halogens is 1. The second kappa shape index (κ2) is 7.29. The molecule has 1 unspecified atom stereocenters. The normalized spacial score (nSPS) is 11.9. The van der Waals surface area contributed by atoms with Crippen molar-refractivity contribution in [1.29, 1.82) is 0 Å². The van der Waals surface area contributed by atoms with E-state index in [1.807, 2.05) is 31.2 Å². The minimum Gasteiger partial charge on any atom is -0.447 e. The molecule has 1 amide bonds. The van der Waals surface area contributed by atoms with Gasteiger partial charge in [-0.3, -0.25) is 0 Å². The summed E-state index contributed by atoms with van der Waals surface area (Å²) in [6, 6.07) is 7.68. The smallest absolute Gasteiger partial charge is 0.407 e. The van der Waals surface area contributed by atoms with Crippen molar-refractivity contribution in [3.63, 3.8) is 0 Å². The van der Waals surface area contributed by atoms with Crippen LogP contribution in [0.1, 0.15) is 24.9 Å². The SMILES string of the molecule is CCC(NC(=O)OCCO)c1ccc(Br)cc1. The number of hydrogen-bond acceptors (Lipinski definition) is 3. The zero-order valence-electron chi connectivity index (χ0n) is 9.65. The van der Waals surface area contributed by atoms with Gasteiger partial charge in [0, 0.05) is 4.47 Å². The van der Waals surface area contributed by atoms with E-state index in [1.165, 1.54) is 0 Å². The summed E-state index contributed by atoms with van der Waals surface area (Å²) in [4.78, 5) is 11.4. The molecule has 4 nitrogen and oxygen atoms in total. The van der Waals surface area contributed by atoms with E-state index in [2.05, 4.69) is 21.2 Å². The van der Waals surface area contributed by atoms with Gasteiger partial charge >= 0.3 is 6.09 Å². The number of alkyl carbamates (subject to hydrolysis) is 1. The molecule has 0 saturated carbocycles. The van der Waals surface area contributed by atoms with Gasteiger partial charge in [0.1, 0.15) is 6.61 Å². The Morgan fingerprint density at radius 1 is 1.47 bits per heavy atom. The predicted octanol–water partition coefficient (Wildman–Crippen LogP) is 2.62. The van der Waals surface area contributed by atoms with Gasteiger partial charge in [-0.1, -0.05) is 35.0 Å². The van der Waals surface area contributed by atoms with E-state index in [-0.39, 0.29) is 19.3 Å². The molecule has 1 rings (SSSR count). The van der Waals surface area contributed by atoms with Crippen LogP contribution in [0.3, 0.4) is 0 Å². The molecule has 0 aliphatic rings. The molecular formula is C12H16BrNO3. The van der Waals surface area contributed by atoms with Gasteiger partial charge in [0.05, 0.1) is 12.6 Å². The fraction of sp³-hybridized carbons (Fsp3) is 0.417. The molecule has 0 aliphatic heterocycles. The largest absolute Gasteiger partial charge is 0.447 e. The molecule has 0 bridgehead atoms. The Bertz CT molecular complexity index is 353. The van der Waals surface area contributed by atoms with Crippen LogP contribution in [0, 0.1) is 0 Å². The lowest BCUT2D eigenvalue weighted by molar-refractivity contribution is 0.116. The van der Waals surface area contributed by atoms with Crippen LogP contribution in [0.15, 0.2) is 28.7 Å². The summed E-state index contributed by atoms with van der Waals surface area (Å²) < 4.78 is 5.76. The third-order valence-corrected chi connectivity index (χ3v) is 2.83. The van der Waals surface area contributed by atoms with E-state index in [4.69, 9.17) is 9.84 Å². The summed E-state index contributed by atoms with van der Waals surface area (Å²) in [5.74, 6) is 0. The Labute approximate surface area is 109 Å². The van der Waals surface area contributed by atoms with Crippen molar-refractivity contribution in [2.75, 3.05) is 13.2 Å². The van der Waals surface area contributed by atoms with Crippen molar-refractivity contribution in [1.82, 2.24) is 5.32 Å². The number of rotatable bonds is 5. The highest BCUT2D eigenvalue weighted by atomic mass is 79.9. The van der Waals surface area contributed by atoms with E-state index < -0.39 is 6.09 Å². The van der Waals surface area contributed by atoms with E-state index in [9.17, 15) is 4.79 Å². The molecule has 0 saturated heterocycles. The lowest BCUT2D eigenvalue weighted by Crippen LogP contribution is -2.29. The highest BCUT2D eigenvalue weighted by Crippen LogP contribution is 2.19. The number of hydrogen-bond donors (Lipinski definition) is 2. The summed E-state index contributed by atoms with van der Waals surface area (Å²) in [7, 11) is 0. The lowest BCUT2D eigenvalue weighted by Gasteiger charge is -2.17. The van der Waals surface area contributed by atoms with Crippen molar-refractivity contribution in [3.8, 4) is 0 Å². The van der Waals surface area contributed by atoms with Crippen LogP contribution in [-0.2, 0) is 4.74 Å². The molecule has 1 aromatic rings. The standard InChI is InChI=1S/C12H16BrNO3/c1-2-11(14-12(16)17-8-7-15)9-3-5-10(13)6-4-9/h3-6,11,15H,2,7-8H2,1H3,(H,14,16). The van der Waals surface area contributed by atoms with Crippen molar-refractivity contribution >= 4 is 22.0 Å². The van der Waals surface area contributed by atoms with Crippen molar-refractivity contribution in [3.05, 3.63) is 34.3 Å². The summed E-state index contributed by atoms with van der Waals surface area (Å²) in [6.07, 6.45) is 0.268. The van der Waals surface area contributed by atoms with Crippen LogP contribution in [0.5, 0.6) is 0 Å². The van der Waals surface area contributed by atoms with Gasteiger partial charge in [-0.05, 0) is 24.1 Å². The molecule has 0 spiro atoms. The van der Waals surface area contributed by atoms with Crippen molar-refractivity contribution in [2.24, 2.45) is 0 Å². The minimum atomic E-state index is -0.506. The molecular weight excluding hydrogens is 286 g/mol. The molecule has 0 fully saturated rings. The second-order valence-electron chi connectivity index (χ2n) is 3.52. The topological polar surface area (TPSA) is 58.6 Å². The highest BCUT2D eigenvalue weighted by Gasteiger charge is 2.12. The Morgan fingerprint density at radius 3 is 2.65 bits per heavy atom. The molecule has 0 radical (unpaired) electrons. The van der Waals surface area contributed by atoms with Crippen LogP contribution in [0.2, 0.25) is 0 Å².